The van der Waals surface area contributed by atoms with Crippen LogP contribution in [0.15, 0.2) is 42.5 Å². The monoisotopic (exact) mass is 415 g/mol. The van der Waals surface area contributed by atoms with Gasteiger partial charge in [0.25, 0.3) is 5.91 Å². The highest BCUT2D eigenvalue weighted by molar-refractivity contribution is 7.22. The van der Waals surface area contributed by atoms with E-state index in [1.54, 1.807) is 12.1 Å². The summed E-state index contributed by atoms with van der Waals surface area (Å²) in [5, 5.41) is 4.72. The number of nitrogens with zero attached hydrogens (tertiary/aromatic N) is 1. The Morgan fingerprint density at radius 3 is 2.59 bits per heavy atom. The highest BCUT2D eigenvalue weighted by Gasteiger charge is 2.31. The highest BCUT2D eigenvalue weighted by atomic mass is 35.5. The van der Waals surface area contributed by atoms with Crippen molar-refractivity contribution < 1.29 is 27.5 Å². The van der Waals surface area contributed by atoms with Gasteiger partial charge in [-0.25, -0.2) is 9.78 Å². The number of rotatable bonds is 3. The molecule has 0 spiro atoms. The van der Waals surface area contributed by atoms with Crippen LogP contribution in [-0.2, 0) is 0 Å². The second kappa shape index (κ2) is 7.41. The zero-order chi connectivity index (χ0) is 19.6. The van der Waals surface area contributed by atoms with Gasteiger partial charge in [0.15, 0.2) is 5.13 Å². The van der Waals surface area contributed by atoms with Crippen molar-refractivity contribution in [3.05, 3.63) is 53.1 Å². The lowest BCUT2D eigenvalue weighted by atomic mass is 10.2. The van der Waals surface area contributed by atoms with Gasteiger partial charge in [-0.2, -0.15) is 0 Å². The Morgan fingerprint density at radius 2 is 1.89 bits per heavy atom. The van der Waals surface area contributed by atoms with Gasteiger partial charge < -0.3 is 4.74 Å². The molecule has 27 heavy (non-hydrogen) atoms. The number of thiazole rings is 1. The summed E-state index contributed by atoms with van der Waals surface area (Å²) in [6.07, 6.45) is -4.81. The smallest absolute Gasteiger partial charge is 0.406 e. The number of fused-ring (bicyclic) bond motifs is 1. The number of ether oxygens (including phenoxy) is 1. The van der Waals surface area contributed by atoms with Crippen molar-refractivity contribution in [1.29, 1.82) is 0 Å². The number of carbonyl (C=O) groups is 2. The number of carbonyl (C=O) groups excluding carboxylic acids is 2. The van der Waals surface area contributed by atoms with Gasteiger partial charge in [-0.05, 0) is 24.3 Å². The Morgan fingerprint density at radius 1 is 1.15 bits per heavy atom. The first-order valence-corrected chi connectivity index (χ1v) is 8.44. The van der Waals surface area contributed by atoms with Crippen LogP contribution in [0.3, 0.4) is 0 Å². The van der Waals surface area contributed by atoms with Crippen LogP contribution in [0.5, 0.6) is 5.75 Å². The Labute approximate surface area is 158 Å². The van der Waals surface area contributed by atoms with Crippen molar-refractivity contribution in [2.24, 2.45) is 0 Å². The minimum Gasteiger partial charge on any atom is -0.406 e. The summed E-state index contributed by atoms with van der Waals surface area (Å²) >= 11 is 6.81. The van der Waals surface area contributed by atoms with E-state index in [1.165, 1.54) is 18.2 Å². The zero-order valence-corrected chi connectivity index (χ0v) is 14.7. The van der Waals surface area contributed by atoms with Crippen LogP contribution in [0.2, 0.25) is 5.02 Å². The van der Waals surface area contributed by atoms with E-state index in [0.29, 0.717) is 10.2 Å². The molecule has 0 bridgehead atoms. The van der Waals surface area contributed by atoms with Gasteiger partial charge in [0.1, 0.15) is 5.75 Å². The second-order valence-corrected chi connectivity index (χ2v) is 6.52. The van der Waals surface area contributed by atoms with Crippen molar-refractivity contribution in [1.82, 2.24) is 10.3 Å². The summed E-state index contributed by atoms with van der Waals surface area (Å²) in [5.41, 5.74) is 0.481. The average molecular weight is 416 g/mol. The fraction of sp³-hybridized carbons (Fsp3) is 0.0625. The molecule has 6 nitrogen and oxygen atoms in total. The second-order valence-electron chi connectivity index (χ2n) is 5.08. The van der Waals surface area contributed by atoms with Gasteiger partial charge in [0.2, 0.25) is 0 Å². The molecule has 1 heterocycles. The molecule has 3 aromatic rings. The number of benzene rings is 2. The van der Waals surface area contributed by atoms with E-state index in [9.17, 15) is 22.8 Å². The fourth-order valence-electron chi connectivity index (χ4n) is 2.10. The first kappa shape index (κ1) is 18.9. The standard InChI is InChI=1S/C16H9ClF3N3O3S/c17-10-4-2-1-3-9(10)13(24)22-14(25)23-15-21-11-6-5-8(7-12(11)27-15)26-16(18,19)20/h1-7H,(H2,21,22,23,24,25). The van der Waals surface area contributed by atoms with Crippen LogP contribution in [0.1, 0.15) is 10.4 Å². The maximum absolute atomic E-state index is 12.3. The maximum atomic E-state index is 12.3. The first-order chi connectivity index (χ1) is 12.7. The van der Waals surface area contributed by atoms with Crippen molar-refractivity contribution >= 4 is 50.2 Å². The third-order valence-corrected chi connectivity index (χ3v) is 4.42. The molecule has 0 aliphatic heterocycles. The van der Waals surface area contributed by atoms with Gasteiger partial charge in [0.05, 0.1) is 20.8 Å². The van der Waals surface area contributed by atoms with Crippen molar-refractivity contribution in [2.45, 2.75) is 6.36 Å². The van der Waals surface area contributed by atoms with E-state index in [0.717, 1.165) is 23.5 Å². The third kappa shape index (κ3) is 4.86. The molecule has 0 saturated carbocycles. The summed E-state index contributed by atoms with van der Waals surface area (Å²) in [5.74, 6) is -1.11. The molecular formula is C16H9ClF3N3O3S. The van der Waals surface area contributed by atoms with E-state index in [1.807, 2.05) is 0 Å². The molecule has 1 aromatic heterocycles. The van der Waals surface area contributed by atoms with Crippen molar-refractivity contribution in [3.8, 4) is 5.75 Å². The van der Waals surface area contributed by atoms with E-state index in [4.69, 9.17) is 11.6 Å². The predicted molar refractivity (Wildman–Crippen MR) is 94.2 cm³/mol. The molecule has 0 aliphatic carbocycles. The molecule has 140 valence electrons. The molecule has 0 unspecified atom stereocenters. The number of nitrogens with one attached hydrogen (secondary N) is 2. The van der Waals surface area contributed by atoms with E-state index >= 15 is 0 Å². The molecule has 2 aromatic carbocycles. The molecule has 0 fully saturated rings. The van der Waals surface area contributed by atoms with Gasteiger partial charge in [-0.1, -0.05) is 35.1 Å². The number of anilines is 1. The summed E-state index contributed by atoms with van der Waals surface area (Å²) in [6.45, 7) is 0. The normalized spacial score (nSPS) is 11.3. The number of imide groups is 1. The van der Waals surface area contributed by atoms with E-state index < -0.39 is 24.1 Å². The Hall–Kier alpha value is -2.85. The zero-order valence-electron chi connectivity index (χ0n) is 13.1. The van der Waals surface area contributed by atoms with Crippen LogP contribution in [0, 0.1) is 0 Å². The molecule has 2 N–H and O–H groups in total. The number of hydrogen-bond donors (Lipinski definition) is 2. The number of hydrogen-bond acceptors (Lipinski definition) is 5. The molecule has 0 atom stereocenters. The maximum Gasteiger partial charge on any atom is 0.573 e. The number of alkyl halides is 3. The molecule has 0 radical (unpaired) electrons. The quantitative estimate of drug-likeness (QED) is 0.643. The number of halogens is 4. The average Bonchev–Trinajstić information content (AvgIpc) is 2.94. The molecule has 0 aliphatic rings. The predicted octanol–water partition coefficient (Wildman–Crippen LogP) is 4.81. The van der Waals surface area contributed by atoms with Crippen molar-refractivity contribution in [3.63, 3.8) is 0 Å². The topological polar surface area (TPSA) is 80.3 Å². The fourth-order valence-corrected chi connectivity index (χ4v) is 3.21. The van der Waals surface area contributed by atoms with Crippen LogP contribution in [0.4, 0.5) is 23.1 Å². The van der Waals surface area contributed by atoms with Gasteiger partial charge in [-0.15, -0.1) is 13.2 Å². The Balaban J connectivity index is 1.70. The lowest BCUT2D eigenvalue weighted by Crippen LogP contribution is -2.34. The third-order valence-electron chi connectivity index (χ3n) is 3.16. The lowest BCUT2D eigenvalue weighted by molar-refractivity contribution is -0.274. The minimum atomic E-state index is -4.81. The number of amides is 3. The molecule has 3 rings (SSSR count). The number of urea groups is 1. The summed E-state index contributed by atoms with van der Waals surface area (Å²) in [4.78, 5) is 28.0. The van der Waals surface area contributed by atoms with Crippen LogP contribution >= 0.6 is 22.9 Å². The number of aromatic nitrogens is 1. The van der Waals surface area contributed by atoms with Gasteiger partial charge >= 0.3 is 12.4 Å². The minimum absolute atomic E-state index is 0.0959. The first-order valence-electron chi connectivity index (χ1n) is 7.24. The molecule has 0 saturated heterocycles. The SMILES string of the molecule is O=C(NC(=O)c1ccccc1Cl)Nc1nc2ccc(OC(F)(F)F)cc2s1. The molecule has 11 heteroatoms. The Bertz CT molecular complexity index is 1020. The lowest BCUT2D eigenvalue weighted by Gasteiger charge is -2.07. The largest absolute Gasteiger partial charge is 0.573 e. The van der Waals surface area contributed by atoms with Crippen molar-refractivity contribution in [2.75, 3.05) is 5.32 Å². The highest BCUT2D eigenvalue weighted by Crippen LogP contribution is 2.31. The van der Waals surface area contributed by atoms with E-state index in [-0.39, 0.29) is 15.7 Å². The molecule has 3 amide bonds. The van der Waals surface area contributed by atoms with E-state index in [2.05, 4.69) is 20.4 Å². The van der Waals surface area contributed by atoms with Crippen LogP contribution in [-0.4, -0.2) is 23.3 Å². The van der Waals surface area contributed by atoms with Gasteiger partial charge in [0, 0.05) is 6.07 Å². The summed E-state index contributed by atoms with van der Waals surface area (Å²) in [7, 11) is 0. The summed E-state index contributed by atoms with van der Waals surface area (Å²) in [6, 6.07) is 8.91. The van der Waals surface area contributed by atoms with Crippen LogP contribution in [0.25, 0.3) is 10.2 Å². The Kier molecular flexibility index (Phi) is 5.19. The van der Waals surface area contributed by atoms with Crippen LogP contribution < -0.4 is 15.4 Å². The van der Waals surface area contributed by atoms with Gasteiger partial charge in [-0.3, -0.25) is 15.4 Å². The summed E-state index contributed by atoms with van der Waals surface area (Å²) < 4.78 is 41.0. The molecular weight excluding hydrogens is 407 g/mol.